The topological polar surface area (TPSA) is 67.7 Å². The van der Waals surface area contributed by atoms with Gasteiger partial charge in [-0.15, -0.1) is 0 Å². The van der Waals surface area contributed by atoms with Gasteiger partial charge in [-0.1, -0.05) is 6.07 Å². The molecule has 0 aliphatic rings. The van der Waals surface area contributed by atoms with Crippen molar-refractivity contribution in [1.82, 2.24) is 9.38 Å². The van der Waals surface area contributed by atoms with Crippen LogP contribution in [0.2, 0.25) is 0 Å². The van der Waals surface area contributed by atoms with Crippen LogP contribution < -0.4 is 0 Å². The van der Waals surface area contributed by atoms with Gasteiger partial charge in [-0.05, 0) is 38.1 Å². The third-order valence-corrected chi connectivity index (χ3v) is 3.02. The molecule has 0 aliphatic carbocycles. The number of aryl methyl sites for hydroxylation is 2. The number of nitrogens with zero attached hydrogens (tertiary/aromatic N) is 2. The molecule has 5 nitrogen and oxygen atoms in total. The first-order valence-electron chi connectivity index (χ1n) is 5.86. The first kappa shape index (κ1) is 11.5. The van der Waals surface area contributed by atoms with Gasteiger partial charge in [0.1, 0.15) is 5.76 Å². The number of rotatable bonds is 2. The Morgan fingerprint density at radius 3 is 2.68 bits per heavy atom. The summed E-state index contributed by atoms with van der Waals surface area (Å²) in [5.74, 6) is 0.794. The summed E-state index contributed by atoms with van der Waals surface area (Å²) < 4.78 is 7.34. The minimum atomic E-state index is -1.04. The molecule has 0 saturated heterocycles. The fourth-order valence-corrected chi connectivity index (χ4v) is 2.17. The van der Waals surface area contributed by atoms with Crippen LogP contribution in [0.25, 0.3) is 17.1 Å². The number of carbonyl (C=O) groups is 1. The van der Waals surface area contributed by atoms with E-state index >= 15 is 0 Å². The molecule has 3 aromatic rings. The van der Waals surface area contributed by atoms with E-state index in [4.69, 9.17) is 4.42 Å². The summed E-state index contributed by atoms with van der Waals surface area (Å²) in [6.45, 7) is 3.74. The summed E-state index contributed by atoms with van der Waals surface area (Å²) in [6.07, 6.45) is 0. The summed E-state index contributed by atoms with van der Waals surface area (Å²) in [5.41, 5.74) is 1.51. The van der Waals surface area contributed by atoms with Crippen LogP contribution in [0, 0.1) is 13.8 Å². The molecular formula is C14H12N2O3. The standard InChI is InChI=1S/C14H12N2O3/c1-8-4-3-5-10-12(14(17)18)15-13(16(8)10)11-7-6-9(2)19-11/h3-7H,1-2H3,(H,17,18). The lowest BCUT2D eigenvalue weighted by Crippen LogP contribution is -1.97. The van der Waals surface area contributed by atoms with E-state index in [9.17, 15) is 9.90 Å². The zero-order chi connectivity index (χ0) is 13.6. The zero-order valence-electron chi connectivity index (χ0n) is 10.5. The van der Waals surface area contributed by atoms with E-state index < -0.39 is 5.97 Å². The number of pyridine rings is 1. The molecule has 0 aromatic carbocycles. The van der Waals surface area contributed by atoms with Crippen molar-refractivity contribution >= 4 is 11.5 Å². The molecule has 3 rings (SSSR count). The Balaban J connectivity index is 2.39. The largest absolute Gasteiger partial charge is 0.476 e. The van der Waals surface area contributed by atoms with Crippen LogP contribution in [0.3, 0.4) is 0 Å². The van der Waals surface area contributed by atoms with E-state index in [0.29, 0.717) is 17.1 Å². The van der Waals surface area contributed by atoms with Crippen LogP contribution in [0.1, 0.15) is 21.9 Å². The number of imidazole rings is 1. The monoisotopic (exact) mass is 256 g/mol. The third kappa shape index (κ3) is 1.71. The average Bonchev–Trinajstić information content (AvgIpc) is 2.93. The summed E-state index contributed by atoms with van der Waals surface area (Å²) >= 11 is 0. The maximum absolute atomic E-state index is 11.3. The smallest absolute Gasteiger partial charge is 0.356 e. The number of furan rings is 1. The minimum absolute atomic E-state index is 0.0350. The molecule has 96 valence electrons. The molecule has 5 heteroatoms. The predicted molar refractivity (Wildman–Crippen MR) is 69.3 cm³/mol. The van der Waals surface area contributed by atoms with E-state index in [1.807, 2.05) is 32.0 Å². The minimum Gasteiger partial charge on any atom is -0.476 e. The van der Waals surface area contributed by atoms with Crippen LogP contribution in [0.15, 0.2) is 34.7 Å². The van der Waals surface area contributed by atoms with Crippen molar-refractivity contribution in [3.8, 4) is 11.6 Å². The third-order valence-electron chi connectivity index (χ3n) is 3.02. The molecule has 0 aliphatic heterocycles. The van der Waals surface area contributed by atoms with Crippen LogP contribution in [0.4, 0.5) is 0 Å². The number of aromatic nitrogens is 2. The molecular weight excluding hydrogens is 244 g/mol. The normalized spacial score (nSPS) is 11.1. The molecule has 0 radical (unpaired) electrons. The molecule has 0 amide bonds. The summed E-state index contributed by atoms with van der Waals surface area (Å²) in [4.78, 5) is 15.5. The molecule has 0 saturated carbocycles. The van der Waals surface area contributed by atoms with Crippen molar-refractivity contribution < 1.29 is 14.3 Å². The lowest BCUT2D eigenvalue weighted by atomic mass is 10.3. The fourth-order valence-electron chi connectivity index (χ4n) is 2.17. The average molecular weight is 256 g/mol. The molecule has 19 heavy (non-hydrogen) atoms. The Hall–Kier alpha value is -2.56. The van der Waals surface area contributed by atoms with Crippen molar-refractivity contribution in [2.75, 3.05) is 0 Å². The van der Waals surface area contributed by atoms with Crippen LogP contribution in [-0.4, -0.2) is 20.5 Å². The maximum Gasteiger partial charge on any atom is 0.356 e. The highest BCUT2D eigenvalue weighted by Gasteiger charge is 2.20. The molecule has 1 N–H and O–H groups in total. The summed E-state index contributed by atoms with van der Waals surface area (Å²) in [5, 5.41) is 9.23. The van der Waals surface area contributed by atoms with Gasteiger partial charge in [0.15, 0.2) is 17.3 Å². The number of carboxylic acids is 1. The van der Waals surface area contributed by atoms with Crippen LogP contribution in [-0.2, 0) is 0 Å². The van der Waals surface area contributed by atoms with Crippen LogP contribution in [0.5, 0.6) is 0 Å². The Labute approximate surface area is 109 Å². The molecule has 0 atom stereocenters. The first-order valence-corrected chi connectivity index (χ1v) is 5.86. The molecule has 0 unspecified atom stereocenters. The van der Waals surface area contributed by atoms with Gasteiger partial charge in [-0.2, -0.15) is 0 Å². The van der Waals surface area contributed by atoms with Crippen molar-refractivity contribution in [1.29, 1.82) is 0 Å². The lowest BCUT2D eigenvalue weighted by Gasteiger charge is -2.02. The zero-order valence-corrected chi connectivity index (χ0v) is 10.5. The Bertz CT molecular complexity index is 783. The van der Waals surface area contributed by atoms with Crippen molar-refractivity contribution in [3.05, 3.63) is 47.5 Å². The second-order valence-corrected chi connectivity index (χ2v) is 4.39. The highest BCUT2D eigenvalue weighted by atomic mass is 16.4. The summed E-state index contributed by atoms with van der Waals surface area (Å²) in [7, 11) is 0. The van der Waals surface area contributed by atoms with E-state index in [1.165, 1.54) is 0 Å². The summed E-state index contributed by atoms with van der Waals surface area (Å²) in [6, 6.07) is 9.08. The highest BCUT2D eigenvalue weighted by Crippen LogP contribution is 2.25. The number of hydrogen-bond donors (Lipinski definition) is 1. The number of fused-ring (bicyclic) bond motifs is 1. The second kappa shape index (κ2) is 3.98. The van der Waals surface area contributed by atoms with E-state index in [0.717, 1.165) is 11.5 Å². The van der Waals surface area contributed by atoms with Gasteiger partial charge in [-0.3, -0.25) is 4.40 Å². The Kier molecular flexibility index (Phi) is 2.41. The fraction of sp³-hybridized carbons (Fsp3) is 0.143. The van der Waals surface area contributed by atoms with Crippen LogP contribution >= 0.6 is 0 Å². The van der Waals surface area contributed by atoms with Gasteiger partial charge in [0.05, 0.1) is 5.52 Å². The molecule has 0 bridgehead atoms. The van der Waals surface area contributed by atoms with Gasteiger partial charge >= 0.3 is 5.97 Å². The number of carboxylic acid groups (broad SMARTS) is 1. The lowest BCUT2D eigenvalue weighted by molar-refractivity contribution is 0.0693. The van der Waals surface area contributed by atoms with Gasteiger partial charge in [0, 0.05) is 5.69 Å². The van der Waals surface area contributed by atoms with E-state index in [1.54, 1.807) is 16.5 Å². The molecule has 0 spiro atoms. The quantitative estimate of drug-likeness (QED) is 0.765. The first-order chi connectivity index (χ1) is 9.08. The van der Waals surface area contributed by atoms with Gasteiger partial charge in [0.25, 0.3) is 0 Å². The van der Waals surface area contributed by atoms with Crippen molar-refractivity contribution in [2.45, 2.75) is 13.8 Å². The molecule has 3 aromatic heterocycles. The highest BCUT2D eigenvalue weighted by molar-refractivity contribution is 5.94. The Morgan fingerprint density at radius 2 is 2.05 bits per heavy atom. The SMILES string of the molecule is Cc1ccc(-c2nc(C(=O)O)c3cccc(C)n23)o1. The van der Waals surface area contributed by atoms with Crippen molar-refractivity contribution in [2.24, 2.45) is 0 Å². The van der Waals surface area contributed by atoms with Crippen molar-refractivity contribution in [3.63, 3.8) is 0 Å². The Morgan fingerprint density at radius 1 is 1.26 bits per heavy atom. The van der Waals surface area contributed by atoms with Gasteiger partial charge < -0.3 is 9.52 Å². The second-order valence-electron chi connectivity index (χ2n) is 4.39. The number of aromatic carboxylic acids is 1. The van der Waals surface area contributed by atoms with Gasteiger partial charge in [0.2, 0.25) is 0 Å². The van der Waals surface area contributed by atoms with Gasteiger partial charge in [-0.25, -0.2) is 9.78 Å². The van der Waals surface area contributed by atoms with E-state index in [-0.39, 0.29) is 5.69 Å². The predicted octanol–water partition coefficient (Wildman–Crippen LogP) is 2.91. The maximum atomic E-state index is 11.3. The number of hydrogen-bond acceptors (Lipinski definition) is 3. The van der Waals surface area contributed by atoms with E-state index in [2.05, 4.69) is 4.98 Å². The molecule has 0 fully saturated rings. The molecule has 3 heterocycles.